The molecule has 0 aliphatic carbocycles. The van der Waals surface area contributed by atoms with Crippen molar-refractivity contribution in [2.24, 2.45) is 0 Å². The molecule has 3 aromatic rings. The largest absolute Gasteiger partial charge is 0.348 e. The van der Waals surface area contributed by atoms with Gasteiger partial charge in [0, 0.05) is 30.1 Å². The van der Waals surface area contributed by atoms with Crippen molar-refractivity contribution >= 4 is 27.3 Å². The van der Waals surface area contributed by atoms with Crippen molar-refractivity contribution in [3.63, 3.8) is 0 Å². The summed E-state index contributed by atoms with van der Waals surface area (Å²) in [4.78, 5) is 16.1. The fourth-order valence-corrected chi connectivity index (χ4v) is 5.50. The summed E-state index contributed by atoms with van der Waals surface area (Å²) < 4.78 is 27.8. The predicted molar refractivity (Wildman–Crippen MR) is 127 cm³/mol. The highest BCUT2D eigenvalue weighted by Gasteiger charge is 2.16. The second-order valence-corrected chi connectivity index (χ2v) is 10.7. The van der Waals surface area contributed by atoms with Gasteiger partial charge in [0.25, 0.3) is 5.91 Å². The first kappa shape index (κ1) is 22.7. The van der Waals surface area contributed by atoms with Crippen molar-refractivity contribution in [2.45, 2.75) is 37.4 Å². The number of rotatable bonds is 9. The summed E-state index contributed by atoms with van der Waals surface area (Å²) in [5.41, 5.74) is 2.59. The first-order chi connectivity index (χ1) is 15.5. The zero-order valence-electron chi connectivity index (χ0n) is 17.8. The van der Waals surface area contributed by atoms with Crippen LogP contribution in [-0.4, -0.2) is 32.3 Å². The van der Waals surface area contributed by atoms with Crippen LogP contribution in [0, 0.1) is 0 Å². The highest BCUT2D eigenvalue weighted by atomic mass is 32.2. The minimum atomic E-state index is -3.70. The third kappa shape index (κ3) is 6.04. The van der Waals surface area contributed by atoms with Gasteiger partial charge in [-0.3, -0.25) is 9.69 Å². The monoisotopic (exact) mass is 469 g/mol. The van der Waals surface area contributed by atoms with Crippen LogP contribution in [0.15, 0.2) is 70.9 Å². The third-order valence-corrected chi connectivity index (χ3v) is 7.78. The highest BCUT2D eigenvalue weighted by Crippen LogP contribution is 2.15. The molecule has 4 rings (SSSR count). The molecule has 1 aliphatic rings. The molecule has 8 heteroatoms. The zero-order chi connectivity index (χ0) is 22.4. The van der Waals surface area contributed by atoms with Crippen LogP contribution in [0.25, 0.3) is 0 Å². The summed E-state index contributed by atoms with van der Waals surface area (Å²) in [5.74, 6) is -0.304. The summed E-state index contributed by atoms with van der Waals surface area (Å²) in [6.45, 7) is 3.90. The maximum Gasteiger partial charge on any atom is 0.251 e. The van der Waals surface area contributed by atoms with E-state index in [1.165, 1.54) is 41.9 Å². The first-order valence-electron chi connectivity index (χ1n) is 10.7. The first-order valence-corrected chi connectivity index (χ1v) is 13.1. The number of carbonyl (C=O) groups excluding carboxylic acids is 1. The van der Waals surface area contributed by atoms with Gasteiger partial charge in [-0.25, -0.2) is 13.1 Å². The van der Waals surface area contributed by atoms with Gasteiger partial charge in [-0.05, 0) is 66.7 Å². The fourth-order valence-electron chi connectivity index (χ4n) is 3.71. The number of benzene rings is 2. The van der Waals surface area contributed by atoms with Gasteiger partial charge in [-0.1, -0.05) is 36.4 Å². The molecule has 1 aliphatic heterocycles. The summed E-state index contributed by atoms with van der Waals surface area (Å²) in [6.07, 6.45) is 2.55. The molecule has 1 aromatic heterocycles. The maximum absolute atomic E-state index is 12.6. The standard InChI is InChI=1S/C24H27N3O3S2/c28-24(25-16-19-8-10-20(11-9-19)18-27-12-1-2-13-27)21-5-3-7-23(15-21)32(29,30)26-17-22-6-4-14-31-22/h3-11,14-15,26H,1-2,12-13,16-18H2,(H,25,28). The number of nitrogens with zero attached hydrogens (tertiary/aromatic N) is 1. The maximum atomic E-state index is 12.6. The van der Waals surface area contributed by atoms with Crippen molar-refractivity contribution in [1.29, 1.82) is 0 Å². The van der Waals surface area contributed by atoms with Gasteiger partial charge >= 0.3 is 0 Å². The molecule has 1 fully saturated rings. The number of nitrogens with one attached hydrogen (secondary N) is 2. The van der Waals surface area contributed by atoms with Gasteiger partial charge in [0.2, 0.25) is 10.0 Å². The molecule has 32 heavy (non-hydrogen) atoms. The SMILES string of the molecule is O=C(NCc1ccc(CN2CCCC2)cc1)c1cccc(S(=O)(=O)NCc2cccs2)c1. The molecule has 0 radical (unpaired) electrons. The van der Waals surface area contributed by atoms with Crippen molar-refractivity contribution in [1.82, 2.24) is 14.9 Å². The lowest BCUT2D eigenvalue weighted by Crippen LogP contribution is -2.25. The summed E-state index contributed by atoms with van der Waals surface area (Å²) in [7, 11) is -3.70. The topological polar surface area (TPSA) is 78.5 Å². The van der Waals surface area contributed by atoms with Gasteiger partial charge in [-0.2, -0.15) is 0 Å². The molecule has 1 amide bonds. The van der Waals surface area contributed by atoms with E-state index in [2.05, 4.69) is 27.1 Å². The molecule has 0 spiro atoms. The molecule has 2 N–H and O–H groups in total. The summed E-state index contributed by atoms with van der Waals surface area (Å²) >= 11 is 1.49. The van der Waals surface area contributed by atoms with Crippen LogP contribution in [0.3, 0.4) is 0 Å². The molecule has 0 unspecified atom stereocenters. The molecule has 0 bridgehead atoms. The molecule has 6 nitrogen and oxygen atoms in total. The normalized spacial score (nSPS) is 14.5. The van der Waals surface area contributed by atoms with E-state index >= 15 is 0 Å². The van der Waals surface area contributed by atoms with E-state index in [1.807, 2.05) is 29.6 Å². The average molecular weight is 470 g/mol. The number of amides is 1. The van der Waals surface area contributed by atoms with Gasteiger partial charge in [0.15, 0.2) is 0 Å². The fraction of sp³-hybridized carbons (Fsp3) is 0.292. The Morgan fingerprint density at radius 2 is 1.69 bits per heavy atom. The molecule has 2 aromatic carbocycles. The zero-order valence-corrected chi connectivity index (χ0v) is 19.4. The lowest BCUT2D eigenvalue weighted by atomic mass is 10.1. The van der Waals surface area contributed by atoms with Crippen LogP contribution in [0.4, 0.5) is 0 Å². The van der Waals surface area contributed by atoms with Crippen LogP contribution in [-0.2, 0) is 29.7 Å². The quantitative estimate of drug-likeness (QED) is 0.500. The summed E-state index contributed by atoms with van der Waals surface area (Å²) in [6, 6.07) is 18.1. The molecular formula is C24H27N3O3S2. The molecule has 168 valence electrons. The van der Waals surface area contributed by atoms with Crippen LogP contribution in [0.5, 0.6) is 0 Å². The van der Waals surface area contributed by atoms with Gasteiger partial charge in [-0.15, -0.1) is 11.3 Å². The van der Waals surface area contributed by atoms with E-state index in [4.69, 9.17) is 0 Å². The van der Waals surface area contributed by atoms with E-state index in [0.29, 0.717) is 12.1 Å². The number of sulfonamides is 1. The second-order valence-electron chi connectivity index (χ2n) is 7.91. The van der Waals surface area contributed by atoms with E-state index in [-0.39, 0.29) is 17.3 Å². The third-order valence-electron chi connectivity index (χ3n) is 5.50. The summed E-state index contributed by atoms with van der Waals surface area (Å²) in [5, 5.41) is 4.78. The van der Waals surface area contributed by atoms with E-state index in [9.17, 15) is 13.2 Å². The van der Waals surface area contributed by atoms with E-state index in [0.717, 1.165) is 30.1 Å². The van der Waals surface area contributed by atoms with Crippen LogP contribution in [0.1, 0.15) is 39.2 Å². The number of thiophene rings is 1. The lowest BCUT2D eigenvalue weighted by Gasteiger charge is -2.14. The van der Waals surface area contributed by atoms with Crippen LogP contribution in [0.2, 0.25) is 0 Å². The van der Waals surface area contributed by atoms with Crippen LogP contribution >= 0.6 is 11.3 Å². The molecule has 0 atom stereocenters. The molecule has 0 saturated carbocycles. The Kier molecular flexibility index (Phi) is 7.36. The molecular weight excluding hydrogens is 442 g/mol. The van der Waals surface area contributed by atoms with Crippen molar-refractivity contribution in [3.05, 3.63) is 87.6 Å². The van der Waals surface area contributed by atoms with Crippen LogP contribution < -0.4 is 10.0 Å². The lowest BCUT2D eigenvalue weighted by molar-refractivity contribution is 0.0950. The Morgan fingerprint density at radius 1 is 0.938 bits per heavy atom. The number of hydrogen-bond donors (Lipinski definition) is 2. The van der Waals surface area contributed by atoms with Crippen molar-refractivity contribution < 1.29 is 13.2 Å². The van der Waals surface area contributed by atoms with Gasteiger partial charge in [0.05, 0.1) is 4.90 Å². The number of likely N-dealkylation sites (tertiary alicyclic amines) is 1. The number of hydrogen-bond acceptors (Lipinski definition) is 5. The van der Waals surface area contributed by atoms with Crippen molar-refractivity contribution in [3.8, 4) is 0 Å². The van der Waals surface area contributed by atoms with Gasteiger partial charge in [0.1, 0.15) is 0 Å². The smallest absolute Gasteiger partial charge is 0.251 e. The van der Waals surface area contributed by atoms with E-state index < -0.39 is 10.0 Å². The average Bonchev–Trinajstić information content (AvgIpc) is 3.52. The Labute approximate surface area is 193 Å². The van der Waals surface area contributed by atoms with E-state index in [1.54, 1.807) is 12.1 Å². The highest BCUT2D eigenvalue weighted by molar-refractivity contribution is 7.89. The molecule has 1 saturated heterocycles. The number of carbonyl (C=O) groups is 1. The Morgan fingerprint density at radius 3 is 2.41 bits per heavy atom. The van der Waals surface area contributed by atoms with Crippen molar-refractivity contribution in [2.75, 3.05) is 13.1 Å². The minimum Gasteiger partial charge on any atom is -0.348 e. The Bertz CT molecular complexity index is 1140. The second kappa shape index (κ2) is 10.4. The molecule has 2 heterocycles. The Hall–Kier alpha value is -2.52. The van der Waals surface area contributed by atoms with Gasteiger partial charge < -0.3 is 5.32 Å². The predicted octanol–water partition coefficient (Wildman–Crippen LogP) is 3.75. The Balaban J connectivity index is 1.33. The minimum absolute atomic E-state index is 0.0768.